The van der Waals surface area contributed by atoms with Gasteiger partial charge >= 0.3 is 6.03 Å². The molecule has 27 heavy (non-hydrogen) atoms. The van der Waals surface area contributed by atoms with Crippen LogP contribution in [0.15, 0.2) is 48.5 Å². The molecule has 1 heterocycles. The van der Waals surface area contributed by atoms with Crippen molar-refractivity contribution in [3.05, 3.63) is 59.4 Å². The van der Waals surface area contributed by atoms with E-state index in [-0.39, 0.29) is 11.8 Å². The third-order valence-electron chi connectivity index (χ3n) is 4.46. The minimum Gasteiger partial charge on any atom is -0.494 e. The molecule has 2 amide bonds. The minimum absolute atomic E-state index is 0.0865. The van der Waals surface area contributed by atoms with Crippen molar-refractivity contribution in [3.63, 3.8) is 0 Å². The van der Waals surface area contributed by atoms with Crippen molar-refractivity contribution < 1.29 is 13.9 Å². The van der Waals surface area contributed by atoms with E-state index in [0.29, 0.717) is 30.5 Å². The van der Waals surface area contributed by atoms with Crippen LogP contribution in [0.25, 0.3) is 0 Å². The average molecular weight is 392 g/mol. The Hall–Kier alpha value is -2.31. The SMILES string of the molecule is O=C(Nc1ccc(Cl)cc1)N1CCN(CCCOc2ccc(F)cc2)CC1. The maximum atomic E-state index is 12.8. The lowest BCUT2D eigenvalue weighted by Gasteiger charge is -2.34. The summed E-state index contributed by atoms with van der Waals surface area (Å²) in [7, 11) is 0. The molecule has 1 saturated heterocycles. The third-order valence-corrected chi connectivity index (χ3v) is 4.71. The van der Waals surface area contributed by atoms with Gasteiger partial charge in [-0.05, 0) is 55.0 Å². The molecule has 1 aliphatic heterocycles. The molecule has 7 heteroatoms. The summed E-state index contributed by atoms with van der Waals surface area (Å²) in [5, 5.41) is 3.53. The summed E-state index contributed by atoms with van der Waals surface area (Å²) in [5.74, 6) is 0.417. The first-order valence-corrected chi connectivity index (χ1v) is 9.40. The van der Waals surface area contributed by atoms with Crippen molar-refractivity contribution >= 4 is 23.3 Å². The van der Waals surface area contributed by atoms with Crippen LogP contribution in [0.5, 0.6) is 5.75 Å². The number of hydrogen-bond acceptors (Lipinski definition) is 3. The number of nitrogens with zero attached hydrogens (tertiary/aromatic N) is 2. The Kier molecular flexibility index (Phi) is 6.90. The summed E-state index contributed by atoms with van der Waals surface area (Å²) in [5.41, 5.74) is 0.741. The van der Waals surface area contributed by atoms with Gasteiger partial charge in [-0.3, -0.25) is 4.90 Å². The van der Waals surface area contributed by atoms with Crippen molar-refractivity contribution in [2.24, 2.45) is 0 Å². The van der Waals surface area contributed by atoms with Gasteiger partial charge in [-0.25, -0.2) is 9.18 Å². The van der Waals surface area contributed by atoms with Gasteiger partial charge in [0.1, 0.15) is 11.6 Å². The van der Waals surface area contributed by atoms with Gasteiger partial charge in [-0.15, -0.1) is 0 Å². The van der Waals surface area contributed by atoms with E-state index in [4.69, 9.17) is 16.3 Å². The van der Waals surface area contributed by atoms with E-state index in [1.165, 1.54) is 12.1 Å². The molecule has 0 aromatic heterocycles. The number of amides is 2. The van der Waals surface area contributed by atoms with Gasteiger partial charge in [-0.2, -0.15) is 0 Å². The zero-order chi connectivity index (χ0) is 19.1. The number of halogens is 2. The quantitative estimate of drug-likeness (QED) is 0.754. The average Bonchev–Trinajstić information content (AvgIpc) is 2.69. The summed E-state index contributed by atoms with van der Waals surface area (Å²) in [6.45, 7) is 4.56. The number of nitrogens with one attached hydrogen (secondary N) is 1. The van der Waals surface area contributed by atoms with Crippen LogP contribution in [0, 0.1) is 5.82 Å². The number of piperazine rings is 1. The highest BCUT2D eigenvalue weighted by atomic mass is 35.5. The first-order valence-electron chi connectivity index (χ1n) is 9.02. The van der Waals surface area contributed by atoms with E-state index in [1.54, 1.807) is 36.4 Å². The van der Waals surface area contributed by atoms with Gasteiger partial charge in [0.05, 0.1) is 6.61 Å². The molecule has 1 N–H and O–H groups in total. The monoisotopic (exact) mass is 391 g/mol. The largest absolute Gasteiger partial charge is 0.494 e. The normalized spacial score (nSPS) is 14.8. The van der Waals surface area contributed by atoms with Crippen molar-refractivity contribution in [2.75, 3.05) is 44.6 Å². The fraction of sp³-hybridized carbons (Fsp3) is 0.350. The molecular formula is C20H23ClFN3O2. The Balaban J connectivity index is 1.33. The van der Waals surface area contributed by atoms with Crippen LogP contribution in [0.2, 0.25) is 5.02 Å². The minimum atomic E-state index is -0.264. The molecule has 2 aromatic carbocycles. The second-order valence-electron chi connectivity index (χ2n) is 6.42. The zero-order valence-electron chi connectivity index (χ0n) is 15.0. The number of anilines is 1. The molecule has 1 aliphatic rings. The van der Waals surface area contributed by atoms with Crippen LogP contribution in [0.3, 0.4) is 0 Å². The number of ether oxygens (including phenoxy) is 1. The van der Waals surface area contributed by atoms with Gasteiger partial charge in [0.2, 0.25) is 0 Å². The van der Waals surface area contributed by atoms with Gasteiger partial charge in [0, 0.05) is 43.4 Å². The van der Waals surface area contributed by atoms with Gasteiger partial charge < -0.3 is 15.0 Å². The lowest BCUT2D eigenvalue weighted by Crippen LogP contribution is -2.50. The van der Waals surface area contributed by atoms with Crippen molar-refractivity contribution in [1.82, 2.24) is 9.80 Å². The van der Waals surface area contributed by atoms with E-state index in [0.717, 1.165) is 31.7 Å². The van der Waals surface area contributed by atoms with E-state index >= 15 is 0 Å². The van der Waals surface area contributed by atoms with Gasteiger partial charge in [0.15, 0.2) is 0 Å². The summed E-state index contributed by atoms with van der Waals surface area (Å²) < 4.78 is 18.5. The van der Waals surface area contributed by atoms with Crippen LogP contribution < -0.4 is 10.1 Å². The van der Waals surface area contributed by atoms with E-state index in [9.17, 15) is 9.18 Å². The molecule has 0 saturated carbocycles. The van der Waals surface area contributed by atoms with Crippen molar-refractivity contribution in [1.29, 1.82) is 0 Å². The Morgan fingerprint density at radius 1 is 1.04 bits per heavy atom. The number of urea groups is 1. The second kappa shape index (κ2) is 9.58. The van der Waals surface area contributed by atoms with Crippen LogP contribution in [-0.2, 0) is 0 Å². The summed E-state index contributed by atoms with van der Waals surface area (Å²) >= 11 is 5.85. The molecule has 0 aliphatic carbocycles. The van der Waals surface area contributed by atoms with Gasteiger partial charge in [0.25, 0.3) is 0 Å². The summed E-state index contributed by atoms with van der Waals surface area (Å²) in [6, 6.07) is 13.0. The lowest BCUT2D eigenvalue weighted by atomic mass is 10.3. The number of carbonyl (C=O) groups is 1. The lowest BCUT2D eigenvalue weighted by molar-refractivity contribution is 0.141. The van der Waals surface area contributed by atoms with Crippen LogP contribution in [0.4, 0.5) is 14.9 Å². The highest BCUT2D eigenvalue weighted by Gasteiger charge is 2.20. The van der Waals surface area contributed by atoms with Gasteiger partial charge in [-0.1, -0.05) is 11.6 Å². The van der Waals surface area contributed by atoms with E-state index < -0.39 is 0 Å². The molecule has 1 fully saturated rings. The fourth-order valence-corrected chi connectivity index (χ4v) is 3.05. The molecule has 0 radical (unpaired) electrons. The Labute approximate surface area is 163 Å². The van der Waals surface area contributed by atoms with Crippen molar-refractivity contribution in [2.45, 2.75) is 6.42 Å². The summed E-state index contributed by atoms with van der Waals surface area (Å²) in [6.07, 6.45) is 0.883. The standard InChI is InChI=1S/C20H23ClFN3O2/c21-16-2-6-18(7-3-16)23-20(26)25-13-11-24(12-14-25)10-1-15-27-19-8-4-17(22)5-9-19/h2-9H,1,10-15H2,(H,23,26). The first kappa shape index (κ1) is 19.5. The third kappa shape index (κ3) is 6.12. The zero-order valence-corrected chi connectivity index (χ0v) is 15.8. The Bertz CT molecular complexity index is 732. The number of rotatable bonds is 6. The molecule has 0 bridgehead atoms. The van der Waals surface area contributed by atoms with Crippen LogP contribution in [-0.4, -0.2) is 55.2 Å². The number of benzene rings is 2. The van der Waals surface area contributed by atoms with E-state index in [1.807, 2.05) is 4.90 Å². The molecule has 5 nitrogen and oxygen atoms in total. The predicted octanol–water partition coefficient (Wildman–Crippen LogP) is 4.10. The first-order chi connectivity index (χ1) is 13.1. The highest BCUT2D eigenvalue weighted by Crippen LogP contribution is 2.15. The Morgan fingerprint density at radius 3 is 2.37 bits per heavy atom. The number of carbonyl (C=O) groups excluding carboxylic acids is 1. The molecule has 2 aromatic rings. The van der Waals surface area contributed by atoms with Crippen LogP contribution >= 0.6 is 11.6 Å². The maximum Gasteiger partial charge on any atom is 0.321 e. The number of hydrogen-bond donors (Lipinski definition) is 1. The summed E-state index contributed by atoms with van der Waals surface area (Å²) in [4.78, 5) is 16.5. The molecule has 0 atom stereocenters. The highest BCUT2D eigenvalue weighted by molar-refractivity contribution is 6.30. The molecule has 0 spiro atoms. The smallest absolute Gasteiger partial charge is 0.321 e. The fourth-order valence-electron chi connectivity index (χ4n) is 2.92. The van der Waals surface area contributed by atoms with E-state index in [2.05, 4.69) is 10.2 Å². The molecule has 0 unspecified atom stereocenters. The predicted molar refractivity (Wildman–Crippen MR) is 105 cm³/mol. The molecule has 144 valence electrons. The molecular weight excluding hydrogens is 369 g/mol. The topological polar surface area (TPSA) is 44.8 Å². The van der Waals surface area contributed by atoms with Crippen molar-refractivity contribution in [3.8, 4) is 5.75 Å². The second-order valence-corrected chi connectivity index (χ2v) is 6.86. The molecule has 3 rings (SSSR count). The Morgan fingerprint density at radius 2 is 1.70 bits per heavy atom. The maximum absolute atomic E-state index is 12.8. The van der Waals surface area contributed by atoms with Crippen LogP contribution in [0.1, 0.15) is 6.42 Å².